The van der Waals surface area contributed by atoms with Gasteiger partial charge in [-0.15, -0.1) is 0 Å². The minimum atomic E-state index is -1.02. The van der Waals surface area contributed by atoms with E-state index in [1.54, 1.807) is 13.8 Å². The molecule has 1 fully saturated rings. The molecule has 3 rings (SSSR count). The van der Waals surface area contributed by atoms with Crippen molar-refractivity contribution in [3.8, 4) is 0 Å². The van der Waals surface area contributed by atoms with Crippen LogP contribution in [0.4, 0.5) is 4.39 Å². The summed E-state index contributed by atoms with van der Waals surface area (Å²) in [6.45, 7) is 3.29. The third-order valence-electron chi connectivity index (χ3n) is 4.40. The molecule has 1 aliphatic carbocycles. The molecule has 0 bridgehead atoms. The second-order valence-corrected chi connectivity index (χ2v) is 5.93. The molecule has 1 saturated heterocycles. The number of rotatable bonds is 1. The molecule has 0 aromatic rings. The fraction of sp³-hybridized carbons (Fsp3) is 0.467. The normalized spacial score (nSPS) is 34.9. The van der Waals surface area contributed by atoms with Gasteiger partial charge in [0, 0.05) is 6.42 Å². The number of nitrogens with one attached hydrogen (secondary N) is 1. The Balaban J connectivity index is 1.99. The van der Waals surface area contributed by atoms with Crippen LogP contribution >= 0.6 is 0 Å². The van der Waals surface area contributed by atoms with Crippen LogP contribution in [0.15, 0.2) is 29.0 Å². The number of hydrogen-bond acceptors (Lipinski definition) is 4. The highest BCUT2D eigenvalue weighted by Crippen LogP contribution is 2.38. The van der Waals surface area contributed by atoms with E-state index in [4.69, 9.17) is 0 Å². The molecule has 3 aliphatic rings. The van der Waals surface area contributed by atoms with E-state index in [9.17, 15) is 18.8 Å². The number of aliphatic imine (C=N–C) groups is 1. The molecule has 3 atom stereocenters. The van der Waals surface area contributed by atoms with Gasteiger partial charge in [0.1, 0.15) is 17.7 Å². The maximum atomic E-state index is 13.4. The number of nitrogens with zero attached hydrogens (tertiary/aromatic N) is 2. The van der Waals surface area contributed by atoms with Gasteiger partial charge in [0.05, 0.1) is 11.5 Å². The van der Waals surface area contributed by atoms with Crippen LogP contribution in [0.3, 0.4) is 0 Å². The van der Waals surface area contributed by atoms with Crippen molar-refractivity contribution in [3.05, 3.63) is 24.1 Å². The third-order valence-corrected chi connectivity index (χ3v) is 4.40. The van der Waals surface area contributed by atoms with E-state index in [-0.39, 0.29) is 24.7 Å². The molecule has 116 valence electrons. The van der Waals surface area contributed by atoms with Crippen LogP contribution < -0.4 is 5.32 Å². The van der Waals surface area contributed by atoms with Crippen molar-refractivity contribution in [1.29, 1.82) is 0 Å². The predicted octanol–water partition coefficient (Wildman–Crippen LogP) is 0.850. The average molecular weight is 305 g/mol. The fourth-order valence-corrected chi connectivity index (χ4v) is 3.07. The highest BCUT2D eigenvalue weighted by molar-refractivity contribution is 6.09. The topological polar surface area (TPSA) is 78.8 Å². The number of hydrogen-bond donors (Lipinski definition) is 1. The van der Waals surface area contributed by atoms with Crippen LogP contribution in [0.5, 0.6) is 0 Å². The lowest BCUT2D eigenvalue weighted by atomic mass is 9.76. The Morgan fingerprint density at radius 1 is 1.41 bits per heavy atom. The number of amides is 3. The molecular formula is C15H16FN3O3. The minimum absolute atomic E-state index is 0.179. The van der Waals surface area contributed by atoms with Gasteiger partial charge in [-0.25, -0.2) is 4.39 Å². The van der Waals surface area contributed by atoms with Gasteiger partial charge < -0.3 is 0 Å². The quantitative estimate of drug-likeness (QED) is 0.729. The van der Waals surface area contributed by atoms with Crippen LogP contribution in [0.25, 0.3) is 0 Å². The van der Waals surface area contributed by atoms with Crippen molar-refractivity contribution in [2.75, 3.05) is 0 Å². The van der Waals surface area contributed by atoms with Crippen LogP contribution in [0.2, 0.25) is 0 Å². The summed E-state index contributed by atoms with van der Waals surface area (Å²) in [5, 5.41) is 2.24. The molecular weight excluding hydrogens is 289 g/mol. The van der Waals surface area contributed by atoms with Gasteiger partial charge in [0.2, 0.25) is 17.7 Å². The van der Waals surface area contributed by atoms with E-state index in [0.717, 1.165) is 0 Å². The first-order chi connectivity index (χ1) is 10.3. The standard InChI is InChI=1S/C15H16FN3O3/c1-8-17-11-7-9(16)5-6-15(11,2)14(22)19(8)10-3-4-12(20)18-13(10)21/h5-7,10-11H,3-4H2,1-2H3,(H,18,20,21). The van der Waals surface area contributed by atoms with Crippen molar-refractivity contribution in [2.45, 2.75) is 38.8 Å². The van der Waals surface area contributed by atoms with Crippen molar-refractivity contribution >= 4 is 23.6 Å². The largest absolute Gasteiger partial charge is 0.295 e. The Kier molecular flexibility index (Phi) is 3.23. The van der Waals surface area contributed by atoms with Crippen LogP contribution in [0, 0.1) is 5.41 Å². The highest BCUT2D eigenvalue weighted by atomic mass is 19.1. The van der Waals surface area contributed by atoms with Crippen molar-refractivity contribution in [1.82, 2.24) is 10.2 Å². The first kappa shape index (κ1) is 14.6. The van der Waals surface area contributed by atoms with Gasteiger partial charge in [-0.1, -0.05) is 6.08 Å². The molecule has 3 unspecified atom stereocenters. The number of carbonyl (C=O) groups excluding carboxylic acids is 3. The first-order valence-electron chi connectivity index (χ1n) is 7.11. The number of amidine groups is 1. The monoisotopic (exact) mass is 305 g/mol. The number of allylic oxidation sites excluding steroid dienone is 2. The molecule has 0 aromatic carbocycles. The summed E-state index contributed by atoms with van der Waals surface area (Å²) in [6, 6.07) is -1.37. The van der Waals surface area contributed by atoms with Crippen LogP contribution in [-0.4, -0.2) is 40.5 Å². The van der Waals surface area contributed by atoms with E-state index in [1.165, 1.54) is 23.1 Å². The summed E-state index contributed by atoms with van der Waals surface area (Å²) in [5.41, 5.74) is -1.02. The Morgan fingerprint density at radius 3 is 2.82 bits per heavy atom. The molecule has 0 saturated carbocycles. The van der Waals surface area contributed by atoms with E-state index in [0.29, 0.717) is 5.84 Å². The minimum Gasteiger partial charge on any atom is -0.295 e. The van der Waals surface area contributed by atoms with Gasteiger partial charge in [-0.2, -0.15) is 0 Å². The molecule has 7 heteroatoms. The van der Waals surface area contributed by atoms with Gasteiger partial charge in [0.15, 0.2) is 0 Å². The number of carbonyl (C=O) groups is 3. The fourth-order valence-electron chi connectivity index (χ4n) is 3.07. The Labute approximate surface area is 126 Å². The van der Waals surface area contributed by atoms with Crippen molar-refractivity contribution in [2.24, 2.45) is 10.4 Å². The van der Waals surface area contributed by atoms with E-state index < -0.39 is 29.2 Å². The Hall–Kier alpha value is -2.31. The van der Waals surface area contributed by atoms with Crippen molar-refractivity contribution < 1.29 is 18.8 Å². The molecule has 0 spiro atoms. The molecule has 2 heterocycles. The number of imide groups is 1. The molecule has 2 aliphatic heterocycles. The van der Waals surface area contributed by atoms with Crippen LogP contribution in [0.1, 0.15) is 26.7 Å². The molecule has 1 N–H and O–H groups in total. The second-order valence-electron chi connectivity index (χ2n) is 5.93. The lowest BCUT2D eigenvalue weighted by Gasteiger charge is -2.44. The van der Waals surface area contributed by atoms with Gasteiger partial charge in [-0.05, 0) is 32.4 Å². The summed E-state index contributed by atoms with van der Waals surface area (Å²) in [4.78, 5) is 41.9. The van der Waals surface area contributed by atoms with E-state index >= 15 is 0 Å². The Morgan fingerprint density at radius 2 is 2.14 bits per heavy atom. The maximum absolute atomic E-state index is 13.4. The van der Waals surface area contributed by atoms with Crippen molar-refractivity contribution in [3.63, 3.8) is 0 Å². The SMILES string of the molecule is CC1=NC2C=C(F)C=CC2(C)C(=O)N1C1CCC(=O)NC1=O. The lowest BCUT2D eigenvalue weighted by Crippen LogP contribution is -2.62. The maximum Gasteiger partial charge on any atom is 0.249 e. The first-order valence-corrected chi connectivity index (χ1v) is 7.11. The summed E-state index contributed by atoms with van der Waals surface area (Å²) in [5.74, 6) is -1.21. The zero-order chi connectivity index (χ0) is 16.1. The average Bonchev–Trinajstić information content (AvgIpc) is 2.44. The number of halogens is 1. The number of piperidine rings is 1. The molecule has 6 nitrogen and oxygen atoms in total. The smallest absolute Gasteiger partial charge is 0.249 e. The molecule has 3 amide bonds. The second kappa shape index (κ2) is 4.86. The molecule has 0 radical (unpaired) electrons. The highest BCUT2D eigenvalue weighted by Gasteiger charge is 2.50. The number of fused-ring (bicyclic) bond motifs is 1. The van der Waals surface area contributed by atoms with Gasteiger partial charge in [-0.3, -0.25) is 29.6 Å². The Bertz CT molecular complexity index is 667. The van der Waals surface area contributed by atoms with E-state index in [1.807, 2.05) is 0 Å². The summed E-state index contributed by atoms with van der Waals surface area (Å²) < 4.78 is 13.4. The van der Waals surface area contributed by atoms with E-state index in [2.05, 4.69) is 10.3 Å². The zero-order valence-corrected chi connectivity index (χ0v) is 12.3. The van der Waals surface area contributed by atoms with Gasteiger partial charge >= 0.3 is 0 Å². The molecule has 0 aromatic heterocycles. The predicted molar refractivity (Wildman–Crippen MR) is 76.4 cm³/mol. The van der Waals surface area contributed by atoms with Crippen LogP contribution in [-0.2, 0) is 14.4 Å². The third kappa shape index (κ3) is 2.08. The summed E-state index contributed by atoms with van der Waals surface area (Å²) in [6.07, 6.45) is 4.48. The lowest BCUT2D eigenvalue weighted by molar-refractivity contribution is -0.146. The van der Waals surface area contributed by atoms with Gasteiger partial charge in [0.25, 0.3) is 0 Å². The summed E-state index contributed by atoms with van der Waals surface area (Å²) >= 11 is 0. The summed E-state index contributed by atoms with van der Waals surface area (Å²) in [7, 11) is 0. The zero-order valence-electron chi connectivity index (χ0n) is 12.3. The molecule has 22 heavy (non-hydrogen) atoms.